The van der Waals surface area contributed by atoms with Crippen molar-refractivity contribution < 1.29 is 4.79 Å². The van der Waals surface area contributed by atoms with Crippen molar-refractivity contribution in [2.24, 2.45) is 5.73 Å². The molecule has 0 aliphatic rings. The van der Waals surface area contributed by atoms with E-state index in [4.69, 9.17) is 5.73 Å². The summed E-state index contributed by atoms with van der Waals surface area (Å²) in [4.78, 5) is 15.4. The summed E-state index contributed by atoms with van der Waals surface area (Å²) in [6.45, 7) is 2.51. The molecule has 0 aromatic carbocycles. The second-order valence-corrected chi connectivity index (χ2v) is 3.96. The number of nitrogens with one attached hydrogen (secondary N) is 1. The van der Waals surface area contributed by atoms with Gasteiger partial charge in [0.15, 0.2) is 0 Å². The Labute approximate surface area is 87.5 Å². The summed E-state index contributed by atoms with van der Waals surface area (Å²) in [5, 5.41) is 5.74. The molecule has 1 aromatic heterocycles. The molecule has 0 saturated heterocycles. The van der Waals surface area contributed by atoms with Crippen molar-refractivity contribution in [3.63, 3.8) is 0 Å². The van der Waals surface area contributed by atoms with Crippen LogP contribution in [0.15, 0.2) is 11.6 Å². The summed E-state index contributed by atoms with van der Waals surface area (Å²) in [6, 6.07) is -0.383. The molecule has 0 aliphatic heterocycles. The largest absolute Gasteiger partial charge is 0.354 e. The lowest BCUT2D eigenvalue weighted by molar-refractivity contribution is -0.122. The molecule has 0 saturated carbocycles. The summed E-state index contributed by atoms with van der Waals surface area (Å²) < 4.78 is 0. The zero-order valence-corrected chi connectivity index (χ0v) is 9.01. The molecule has 5 heteroatoms. The summed E-state index contributed by atoms with van der Waals surface area (Å²) in [6.07, 6.45) is 3.21. The number of rotatable bonds is 5. The van der Waals surface area contributed by atoms with Crippen molar-refractivity contribution in [1.82, 2.24) is 10.3 Å². The number of nitrogens with zero attached hydrogens (tertiary/aromatic N) is 1. The average molecular weight is 213 g/mol. The summed E-state index contributed by atoms with van der Waals surface area (Å²) in [5.41, 5.74) is 5.55. The Balaban J connectivity index is 2.18. The molecule has 14 heavy (non-hydrogen) atoms. The van der Waals surface area contributed by atoms with Gasteiger partial charge in [0, 0.05) is 24.5 Å². The minimum atomic E-state index is -0.383. The van der Waals surface area contributed by atoms with Gasteiger partial charge < -0.3 is 11.1 Å². The lowest BCUT2D eigenvalue weighted by atomic mass is 10.2. The highest BCUT2D eigenvalue weighted by atomic mass is 32.1. The molecule has 78 valence electrons. The van der Waals surface area contributed by atoms with E-state index in [1.165, 1.54) is 0 Å². The minimum absolute atomic E-state index is 0.0796. The number of thiazole rings is 1. The predicted molar refractivity (Wildman–Crippen MR) is 57.1 cm³/mol. The Hall–Kier alpha value is -0.940. The zero-order valence-electron chi connectivity index (χ0n) is 8.19. The topological polar surface area (TPSA) is 68.0 Å². The van der Waals surface area contributed by atoms with Crippen LogP contribution in [0.5, 0.6) is 0 Å². The van der Waals surface area contributed by atoms with Crippen LogP contribution in [0.4, 0.5) is 0 Å². The van der Waals surface area contributed by atoms with E-state index in [1.807, 2.05) is 12.3 Å². The van der Waals surface area contributed by atoms with Gasteiger partial charge in [-0.05, 0) is 6.42 Å². The van der Waals surface area contributed by atoms with Gasteiger partial charge in [-0.3, -0.25) is 4.79 Å². The SMILES string of the molecule is CC[C@H](N)C(=O)NCCc1nccs1. The van der Waals surface area contributed by atoms with E-state index in [-0.39, 0.29) is 11.9 Å². The van der Waals surface area contributed by atoms with Crippen LogP contribution >= 0.6 is 11.3 Å². The van der Waals surface area contributed by atoms with Crippen LogP contribution in [0.3, 0.4) is 0 Å². The van der Waals surface area contributed by atoms with Crippen LogP contribution in [-0.2, 0) is 11.2 Å². The van der Waals surface area contributed by atoms with Gasteiger partial charge in [0.1, 0.15) is 0 Å². The maximum absolute atomic E-state index is 11.2. The molecule has 0 radical (unpaired) electrons. The number of carbonyl (C=O) groups excluding carboxylic acids is 1. The van der Waals surface area contributed by atoms with Crippen molar-refractivity contribution in [2.75, 3.05) is 6.54 Å². The first-order valence-electron chi connectivity index (χ1n) is 4.65. The molecule has 0 unspecified atom stereocenters. The standard InChI is InChI=1S/C9H15N3OS/c1-2-7(10)9(13)12-4-3-8-11-5-6-14-8/h5-7H,2-4,10H2,1H3,(H,12,13)/t7-/m0/s1. The van der Waals surface area contributed by atoms with Gasteiger partial charge in [-0.2, -0.15) is 0 Å². The Bertz CT molecular complexity index is 274. The van der Waals surface area contributed by atoms with Gasteiger partial charge in [-0.1, -0.05) is 6.92 Å². The van der Waals surface area contributed by atoms with Gasteiger partial charge in [0.05, 0.1) is 11.0 Å². The summed E-state index contributed by atoms with van der Waals surface area (Å²) >= 11 is 1.60. The number of carbonyl (C=O) groups is 1. The molecule has 0 fully saturated rings. The molecular formula is C9H15N3OS. The van der Waals surface area contributed by atoms with Crippen LogP contribution in [-0.4, -0.2) is 23.5 Å². The molecule has 1 aromatic rings. The Morgan fingerprint density at radius 3 is 3.14 bits per heavy atom. The fraction of sp³-hybridized carbons (Fsp3) is 0.556. The van der Waals surface area contributed by atoms with Crippen molar-refractivity contribution >= 4 is 17.2 Å². The van der Waals surface area contributed by atoms with E-state index >= 15 is 0 Å². The van der Waals surface area contributed by atoms with E-state index < -0.39 is 0 Å². The third-order valence-corrected chi connectivity index (χ3v) is 2.74. The van der Waals surface area contributed by atoms with Crippen molar-refractivity contribution in [3.8, 4) is 0 Å². The third kappa shape index (κ3) is 3.43. The van der Waals surface area contributed by atoms with Crippen LogP contribution in [0.2, 0.25) is 0 Å². The highest BCUT2D eigenvalue weighted by Gasteiger charge is 2.09. The smallest absolute Gasteiger partial charge is 0.236 e. The highest BCUT2D eigenvalue weighted by molar-refractivity contribution is 7.09. The molecule has 3 N–H and O–H groups in total. The monoisotopic (exact) mass is 213 g/mol. The lowest BCUT2D eigenvalue weighted by Crippen LogP contribution is -2.40. The fourth-order valence-corrected chi connectivity index (χ4v) is 1.61. The normalized spacial score (nSPS) is 12.4. The number of aromatic nitrogens is 1. The summed E-state index contributed by atoms with van der Waals surface area (Å²) in [7, 11) is 0. The molecule has 0 bridgehead atoms. The van der Waals surface area contributed by atoms with Gasteiger partial charge in [-0.25, -0.2) is 4.98 Å². The molecule has 0 spiro atoms. The quantitative estimate of drug-likeness (QED) is 0.750. The maximum atomic E-state index is 11.2. The molecule has 4 nitrogen and oxygen atoms in total. The van der Waals surface area contributed by atoms with Crippen LogP contribution in [0, 0.1) is 0 Å². The minimum Gasteiger partial charge on any atom is -0.354 e. The Morgan fingerprint density at radius 2 is 2.57 bits per heavy atom. The lowest BCUT2D eigenvalue weighted by Gasteiger charge is -2.08. The molecule has 0 aliphatic carbocycles. The van der Waals surface area contributed by atoms with E-state index in [0.717, 1.165) is 11.4 Å². The summed E-state index contributed by atoms with van der Waals surface area (Å²) in [5.74, 6) is -0.0796. The maximum Gasteiger partial charge on any atom is 0.236 e. The van der Waals surface area contributed by atoms with Crippen molar-refractivity contribution in [1.29, 1.82) is 0 Å². The van der Waals surface area contributed by atoms with E-state index in [2.05, 4.69) is 10.3 Å². The van der Waals surface area contributed by atoms with Crippen molar-refractivity contribution in [2.45, 2.75) is 25.8 Å². The van der Waals surface area contributed by atoms with E-state index in [0.29, 0.717) is 13.0 Å². The molecule has 1 atom stereocenters. The third-order valence-electron chi connectivity index (χ3n) is 1.90. The molecule has 1 amide bonds. The first-order valence-corrected chi connectivity index (χ1v) is 5.53. The molecule has 1 heterocycles. The Morgan fingerprint density at radius 1 is 1.79 bits per heavy atom. The number of hydrogen-bond donors (Lipinski definition) is 2. The number of hydrogen-bond acceptors (Lipinski definition) is 4. The number of nitrogens with two attached hydrogens (primary N) is 1. The van der Waals surface area contributed by atoms with E-state index in [1.54, 1.807) is 17.5 Å². The predicted octanol–water partition coefficient (Wildman–Crippen LogP) is 0.539. The van der Waals surface area contributed by atoms with Crippen LogP contribution < -0.4 is 11.1 Å². The van der Waals surface area contributed by atoms with Crippen molar-refractivity contribution in [3.05, 3.63) is 16.6 Å². The van der Waals surface area contributed by atoms with Crippen LogP contribution in [0.1, 0.15) is 18.4 Å². The first kappa shape index (κ1) is 11.1. The second kappa shape index (κ2) is 5.72. The van der Waals surface area contributed by atoms with E-state index in [9.17, 15) is 4.79 Å². The number of amides is 1. The molecular weight excluding hydrogens is 198 g/mol. The fourth-order valence-electron chi connectivity index (χ4n) is 0.986. The van der Waals surface area contributed by atoms with Gasteiger partial charge >= 0.3 is 0 Å². The van der Waals surface area contributed by atoms with Gasteiger partial charge in [0.2, 0.25) is 5.91 Å². The first-order chi connectivity index (χ1) is 6.74. The van der Waals surface area contributed by atoms with Gasteiger partial charge in [0.25, 0.3) is 0 Å². The van der Waals surface area contributed by atoms with Gasteiger partial charge in [-0.15, -0.1) is 11.3 Å². The molecule has 1 rings (SSSR count). The highest BCUT2D eigenvalue weighted by Crippen LogP contribution is 2.03. The Kier molecular flexibility index (Phi) is 4.55. The second-order valence-electron chi connectivity index (χ2n) is 2.98. The van der Waals surface area contributed by atoms with Crippen LogP contribution in [0.25, 0.3) is 0 Å². The average Bonchev–Trinajstić information content (AvgIpc) is 2.69. The zero-order chi connectivity index (χ0) is 10.4.